The first-order valence-corrected chi connectivity index (χ1v) is 4.36. The Balaban J connectivity index is 2.55. The Labute approximate surface area is 82.0 Å². The zero-order valence-electron chi connectivity index (χ0n) is 8.11. The normalized spacial score (nSPS) is 25.9. The monoisotopic (exact) mass is 192 g/mol. The Morgan fingerprint density at radius 1 is 1.64 bits per heavy atom. The SMILES string of the molecule is CC1=C2C(=O)NC(N)N=C2N(C)C=C1. The van der Waals surface area contributed by atoms with Crippen molar-refractivity contribution in [2.75, 3.05) is 7.05 Å². The average molecular weight is 192 g/mol. The fraction of sp³-hybridized carbons (Fsp3) is 0.333. The van der Waals surface area contributed by atoms with Crippen LogP contribution in [0.1, 0.15) is 6.92 Å². The molecular weight excluding hydrogens is 180 g/mol. The highest BCUT2D eigenvalue weighted by Gasteiger charge is 2.28. The molecule has 0 aliphatic carbocycles. The minimum absolute atomic E-state index is 0.156. The number of amidine groups is 1. The van der Waals surface area contributed by atoms with Crippen molar-refractivity contribution in [2.45, 2.75) is 13.2 Å². The van der Waals surface area contributed by atoms with Crippen LogP contribution in [-0.4, -0.2) is 30.0 Å². The maximum Gasteiger partial charge on any atom is 0.257 e. The maximum atomic E-state index is 11.6. The van der Waals surface area contributed by atoms with Crippen LogP contribution in [0.2, 0.25) is 0 Å². The molecule has 2 aliphatic rings. The fourth-order valence-corrected chi connectivity index (χ4v) is 1.54. The number of amides is 1. The topological polar surface area (TPSA) is 70.7 Å². The third-order valence-corrected chi connectivity index (χ3v) is 2.27. The molecule has 0 saturated heterocycles. The van der Waals surface area contributed by atoms with E-state index in [2.05, 4.69) is 10.3 Å². The number of nitrogens with two attached hydrogens (primary N) is 1. The molecule has 2 rings (SSSR count). The molecule has 1 unspecified atom stereocenters. The van der Waals surface area contributed by atoms with Crippen LogP contribution in [0.15, 0.2) is 28.4 Å². The lowest BCUT2D eigenvalue weighted by molar-refractivity contribution is -0.118. The smallest absolute Gasteiger partial charge is 0.257 e. The van der Waals surface area contributed by atoms with Gasteiger partial charge in [-0.2, -0.15) is 0 Å². The van der Waals surface area contributed by atoms with Crippen molar-refractivity contribution in [1.82, 2.24) is 10.2 Å². The number of fused-ring (bicyclic) bond motifs is 1. The first kappa shape index (κ1) is 8.96. The van der Waals surface area contributed by atoms with Crippen LogP contribution in [0, 0.1) is 0 Å². The number of nitrogens with zero attached hydrogens (tertiary/aromatic N) is 2. The highest BCUT2D eigenvalue weighted by Crippen LogP contribution is 2.19. The van der Waals surface area contributed by atoms with Crippen molar-refractivity contribution >= 4 is 11.7 Å². The summed E-state index contributed by atoms with van der Waals surface area (Å²) in [4.78, 5) is 17.6. The number of likely N-dealkylation sites (N-methyl/N-ethyl adjacent to an activating group) is 1. The Morgan fingerprint density at radius 3 is 3.07 bits per heavy atom. The number of nitrogens with one attached hydrogen (secondary N) is 1. The van der Waals surface area contributed by atoms with E-state index in [1.165, 1.54) is 0 Å². The van der Waals surface area contributed by atoms with Crippen molar-refractivity contribution in [3.63, 3.8) is 0 Å². The van der Waals surface area contributed by atoms with Crippen LogP contribution in [0.25, 0.3) is 0 Å². The minimum atomic E-state index is -0.636. The zero-order chi connectivity index (χ0) is 10.3. The summed E-state index contributed by atoms with van der Waals surface area (Å²) < 4.78 is 0. The first-order chi connectivity index (χ1) is 6.59. The van der Waals surface area contributed by atoms with E-state index in [-0.39, 0.29) is 5.91 Å². The second-order valence-electron chi connectivity index (χ2n) is 3.36. The quantitative estimate of drug-likeness (QED) is 0.545. The second-order valence-corrected chi connectivity index (χ2v) is 3.36. The molecule has 0 saturated carbocycles. The van der Waals surface area contributed by atoms with Gasteiger partial charge in [0.05, 0.1) is 5.57 Å². The van der Waals surface area contributed by atoms with Crippen LogP contribution in [0.5, 0.6) is 0 Å². The maximum absolute atomic E-state index is 11.6. The van der Waals surface area contributed by atoms with E-state index in [0.717, 1.165) is 5.57 Å². The van der Waals surface area contributed by atoms with E-state index in [4.69, 9.17) is 5.73 Å². The number of carbonyl (C=O) groups excluding carboxylic acids is 1. The van der Waals surface area contributed by atoms with E-state index >= 15 is 0 Å². The first-order valence-electron chi connectivity index (χ1n) is 4.36. The number of carbonyl (C=O) groups is 1. The van der Waals surface area contributed by atoms with Crippen LogP contribution < -0.4 is 11.1 Å². The highest BCUT2D eigenvalue weighted by molar-refractivity contribution is 6.23. The molecule has 0 fully saturated rings. The number of aliphatic imine (C=N–C) groups is 1. The minimum Gasteiger partial charge on any atom is -0.336 e. The van der Waals surface area contributed by atoms with E-state index in [1.54, 1.807) is 4.90 Å². The molecule has 3 N–H and O–H groups in total. The number of hydrogen-bond donors (Lipinski definition) is 2. The van der Waals surface area contributed by atoms with Crippen LogP contribution in [0.4, 0.5) is 0 Å². The molecule has 0 bridgehead atoms. The summed E-state index contributed by atoms with van der Waals surface area (Å²) in [5.41, 5.74) is 7.06. The molecular formula is C9H12N4O. The van der Waals surface area contributed by atoms with Gasteiger partial charge >= 0.3 is 0 Å². The predicted molar refractivity (Wildman–Crippen MR) is 53.2 cm³/mol. The van der Waals surface area contributed by atoms with Crippen LogP contribution >= 0.6 is 0 Å². The number of hydrogen-bond acceptors (Lipinski definition) is 4. The molecule has 14 heavy (non-hydrogen) atoms. The van der Waals surface area contributed by atoms with Crippen LogP contribution in [0.3, 0.4) is 0 Å². The van der Waals surface area contributed by atoms with E-state index in [9.17, 15) is 4.79 Å². The van der Waals surface area contributed by atoms with Gasteiger partial charge in [0, 0.05) is 13.2 Å². The lowest BCUT2D eigenvalue weighted by atomic mass is 10.0. The fourth-order valence-electron chi connectivity index (χ4n) is 1.54. The van der Waals surface area contributed by atoms with Gasteiger partial charge < -0.3 is 10.2 Å². The van der Waals surface area contributed by atoms with Gasteiger partial charge in [0.1, 0.15) is 5.84 Å². The van der Waals surface area contributed by atoms with E-state index in [1.807, 2.05) is 26.2 Å². The largest absolute Gasteiger partial charge is 0.336 e. The summed E-state index contributed by atoms with van der Waals surface area (Å²) in [6.07, 6.45) is 3.11. The van der Waals surface area contributed by atoms with Crippen molar-refractivity contribution in [1.29, 1.82) is 0 Å². The Hall–Kier alpha value is -1.62. The van der Waals surface area contributed by atoms with Gasteiger partial charge in [-0.3, -0.25) is 10.5 Å². The van der Waals surface area contributed by atoms with Crippen molar-refractivity contribution in [2.24, 2.45) is 10.7 Å². The van der Waals surface area contributed by atoms with Gasteiger partial charge in [0.15, 0.2) is 6.29 Å². The Morgan fingerprint density at radius 2 is 2.36 bits per heavy atom. The zero-order valence-corrected chi connectivity index (χ0v) is 8.11. The van der Waals surface area contributed by atoms with Crippen molar-refractivity contribution in [3.8, 4) is 0 Å². The van der Waals surface area contributed by atoms with Gasteiger partial charge in [-0.1, -0.05) is 0 Å². The summed E-state index contributed by atoms with van der Waals surface area (Å²) in [5, 5.41) is 2.56. The van der Waals surface area contributed by atoms with Gasteiger partial charge in [0.25, 0.3) is 5.91 Å². The summed E-state index contributed by atoms with van der Waals surface area (Å²) >= 11 is 0. The Kier molecular flexibility index (Phi) is 1.89. The molecule has 2 aliphatic heterocycles. The summed E-state index contributed by atoms with van der Waals surface area (Å²) in [5.74, 6) is 0.484. The molecule has 1 atom stereocenters. The number of allylic oxidation sites excluding steroid dienone is 2. The molecule has 1 amide bonds. The molecule has 2 heterocycles. The molecule has 0 radical (unpaired) electrons. The third-order valence-electron chi connectivity index (χ3n) is 2.27. The van der Waals surface area contributed by atoms with Crippen LogP contribution in [-0.2, 0) is 4.79 Å². The Bertz CT molecular complexity index is 380. The summed E-state index contributed by atoms with van der Waals surface area (Å²) in [6.45, 7) is 1.88. The van der Waals surface area contributed by atoms with Crippen molar-refractivity contribution < 1.29 is 4.79 Å². The van der Waals surface area contributed by atoms with Gasteiger partial charge in [-0.15, -0.1) is 0 Å². The number of rotatable bonds is 0. The lowest BCUT2D eigenvalue weighted by Crippen LogP contribution is -2.50. The second kappa shape index (κ2) is 2.95. The average Bonchev–Trinajstić information content (AvgIpc) is 2.10. The summed E-state index contributed by atoms with van der Waals surface area (Å²) in [7, 11) is 1.84. The standard InChI is InChI=1S/C9H12N4O/c1-5-3-4-13(2)7-6(5)8(14)12-9(10)11-7/h3-4,9H,10H2,1-2H3,(H,12,14). The van der Waals surface area contributed by atoms with Gasteiger partial charge in [-0.05, 0) is 18.6 Å². The van der Waals surface area contributed by atoms with Gasteiger partial charge in [0.2, 0.25) is 0 Å². The molecule has 0 aromatic heterocycles. The van der Waals surface area contributed by atoms with E-state index in [0.29, 0.717) is 11.4 Å². The molecule has 74 valence electrons. The van der Waals surface area contributed by atoms with E-state index < -0.39 is 6.29 Å². The highest BCUT2D eigenvalue weighted by atomic mass is 16.2. The molecule has 5 nitrogen and oxygen atoms in total. The van der Waals surface area contributed by atoms with Gasteiger partial charge in [-0.25, -0.2) is 4.99 Å². The third kappa shape index (κ3) is 1.22. The molecule has 0 aromatic carbocycles. The summed E-state index contributed by atoms with van der Waals surface area (Å²) in [6, 6.07) is 0. The predicted octanol–water partition coefficient (Wildman–Crippen LogP) is -0.467. The lowest BCUT2D eigenvalue weighted by Gasteiger charge is -2.29. The molecule has 0 aromatic rings. The molecule has 0 spiro atoms. The molecule has 5 heteroatoms. The van der Waals surface area contributed by atoms with Crippen molar-refractivity contribution in [3.05, 3.63) is 23.4 Å².